The standard InChI is InChI=1S/C10H11F3O/c1-14-7-6-8-4-2-3-5-9(8)10(11,12)13/h2-5,14H,1,6-7H2. The van der Waals surface area contributed by atoms with Crippen molar-refractivity contribution in [3.8, 4) is 0 Å². The molecule has 0 aromatic heterocycles. The average Bonchev–Trinajstić information content (AvgIpc) is 2.14. The van der Waals surface area contributed by atoms with E-state index >= 15 is 0 Å². The molecule has 14 heavy (non-hydrogen) atoms. The Hall–Kier alpha value is -1.03. The van der Waals surface area contributed by atoms with E-state index in [2.05, 4.69) is 11.8 Å². The van der Waals surface area contributed by atoms with Gasteiger partial charge in [-0.1, -0.05) is 25.3 Å². The Kier molecular flexibility index (Phi) is 3.52. The van der Waals surface area contributed by atoms with Gasteiger partial charge >= 0.3 is 6.18 Å². The molecule has 0 atom stereocenters. The second-order valence-corrected chi connectivity index (χ2v) is 2.85. The van der Waals surface area contributed by atoms with Crippen molar-refractivity contribution < 1.29 is 17.9 Å². The molecule has 1 N–H and O–H groups in total. The number of benzene rings is 1. The number of hydrogen-bond donors (Lipinski definition) is 0. The minimum Gasteiger partial charge on any atom is -0.581 e. The van der Waals surface area contributed by atoms with Crippen LogP contribution in [0, 0.1) is 7.11 Å². The van der Waals surface area contributed by atoms with E-state index in [1.165, 1.54) is 12.1 Å². The lowest BCUT2D eigenvalue weighted by molar-refractivity contribution is -0.138. The fourth-order valence-electron chi connectivity index (χ4n) is 1.21. The Morgan fingerprint density at radius 1 is 1.21 bits per heavy atom. The Morgan fingerprint density at radius 2 is 1.86 bits per heavy atom. The minimum absolute atomic E-state index is 0.271. The van der Waals surface area contributed by atoms with Crippen LogP contribution in [0.1, 0.15) is 11.1 Å². The second kappa shape index (κ2) is 4.46. The molecule has 0 heterocycles. The molecule has 0 aliphatic rings. The first kappa shape index (κ1) is 11.0. The summed E-state index contributed by atoms with van der Waals surface area (Å²) in [6, 6.07) is 5.52. The summed E-state index contributed by atoms with van der Waals surface area (Å²) in [7, 11) is 3.24. The summed E-state index contributed by atoms with van der Waals surface area (Å²) in [5.41, 5.74) is -0.309. The van der Waals surface area contributed by atoms with Crippen LogP contribution in [-0.2, 0) is 12.6 Å². The van der Waals surface area contributed by atoms with Crippen molar-refractivity contribution in [2.75, 3.05) is 6.61 Å². The molecule has 0 amide bonds. The summed E-state index contributed by atoms with van der Waals surface area (Å²) in [6.07, 6.45) is -4.00. The lowest BCUT2D eigenvalue weighted by Crippen LogP contribution is -2.10. The van der Waals surface area contributed by atoms with Crippen molar-refractivity contribution in [1.29, 1.82) is 0 Å². The molecule has 4 heteroatoms. The maximum Gasteiger partial charge on any atom is 0.416 e. The fourth-order valence-corrected chi connectivity index (χ4v) is 1.21. The third-order valence-electron chi connectivity index (χ3n) is 1.86. The van der Waals surface area contributed by atoms with Crippen molar-refractivity contribution in [3.63, 3.8) is 0 Å². The smallest absolute Gasteiger partial charge is 0.416 e. The van der Waals surface area contributed by atoms with Gasteiger partial charge in [-0.2, -0.15) is 13.2 Å². The van der Waals surface area contributed by atoms with E-state index in [4.69, 9.17) is 0 Å². The van der Waals surface area contributed by atoms with Gasteiger partial charge in [-0.05, 0) is 11.6 Å². The van der Waals surface area contributed by atoms with Crippen molar-refractivity contribution in [1.82, 2.24) is 0 Å². The summed E-state index contributed by atoms with van der Waals surface area (Å²) >= 11 is 0. The zero-order valence-corrected chi connectivity index (χ0v) is 7.51. The zero-order valence-electron chi connectivity index (χ0n) is 7.51. The van der Waals surface area contributed by atoms with Gasteiger partial charge in [0.15, 0.2) is 0 Å². The van der Waals surface area contributed by atoms with Crippen LogP contribution in [0.4, 0.5) is 13.2 Å². The highest BCUT2D eigenvalue weighted by atomic mass is 19.4. The maximum atomic E-state index is 12.4. The first-order valence-corrected chi connectivity index (χ1v) is 4.13. The average molecular weight is 204 g/mol. The molecule has 0 aliphatic carbocycles. The predicted octanol–water partition coefficient (Wildman–Crippen LogP) is 2.57. The molecule has 1 nitrogen and oxygen atoms in total. The lowest BCUT2D eigenvalue weighted by atomic mass is 10.0. The fraction of sp³-hybridized carbons (Fsp3) is 0.300. The second-order valence-electron chi connectivity index (χ2n) is 2.85. The summed E-state index contributed by atoms with van der Waals surface area (Å²) in [4.78, 5) is 0. The molecule has 1 aromatic carbocycles. The van der Waals surface area contributed by atoms with E-state index in [9.17, 15) is 13.2 Å². The molecule has 0 saturated carbocycles. The van der Waals surface area contributed by atoms with Crippen molar-refractivity contribution in [2.24, 2.45) is 0 Å². The minimum atomic E-state index is -4.28. The van der Waals surface area contributed by atoms with Crippen molar-refractivity contribution in [3.05, 3.63) is 42.5 Å². The van der Waals surface area contributed by atoms with Crippen molar-refractivity contribution >= 4 is 0 Å². The molecular weight excluding hydrogens is 193 g/mol. The number of ether oxygens (including phenoxy) is 1. The van der Waals surface area contributed by atoms with E-state index in [-0.39, 0.29) is 12.0 Å². The van der Waals surface area contributed by atoms with Gasteiger partial charge in [0.2, 0.25) is 0 Å². The van der Waals surface area contributed by atoms with Crippen LogP contribution >= 0.6 is 0 Å². The Morgan fingerprint density at radius 3 is 2.43 bits per heavy atom. The predicted molar refractivity (Wildman–Crippen MR) is 47.6 cm³/mol. The summed E-state index contributed by atoms with van der Waals surface area (Å²) in [6.45, 7) is 0.313. The molecule has 1 aromatic rings. The van der Waals surface area contributed by atoms with E-state index in [1.807, 2.05) is 0 Å². The number of halogens is 3. The van der Waals surface area contributed by atoms with E-state index < -0.39 is 11.7 Å². The molecule has 0 unspecified atom stereocenters. The van der Waals surface area contributed by atoms with Gasteiger partial charge in [0.1, 0.15) is 6.61 Å². The van der Waals surface area contributed by atoms with Gasteiger partial charge in [-0.25, -0.2) is 0 Å². The Labute approximate surface area is 80.5 Å². The molecule has 0 bridgehead atoms. The van der Waals surface area contributed by atoms with Crippen LogP contribution in [0.15, 0.2) is 24.3 Å². The van der Waals surface area contributed by atoms with Gasteiger partial charge in [-0.15, -0.1) is 0 Å². The van der Waals surface area contributed by atoms with Gasteiger partial charge in [0.25, 0.3) is 0 Å². The monoisotopic (exact) mass is 204 g/mol. The van der Waals surface area contributed by atoms with Crippen LogP contribution in [0.3, 0.4) is 0 Å². The van der Waals surface area contributed by atoms with E-state index in [0.717, 1.165) is 6.07 Å². The zero-order chi connectivity index (χ0) is 10.6. The van der Waals surface area contributed by atoms with Gasteiger partial charge in [0, 0.05) is 6.42 Å². The van der Waals surface area contributed by atoms with Crippen LogP contribution in [0.25, 0.3) is 0 Å². The van der Waals surface area contributed by atoms with Gasteiger partial charge < -0.3 is 4.74 Å². The first-order valence-electron chi connectivity index (χ1n) is 4.13. The van der Waals surface area contributed by atoms with Gasteiger partial charge in [0.05, 0.1) is 5.56 Å². The number of alkyl halides is 3. The number of hydrogen-bond acceptors (Lipinski definition) is 0. The number of aliphatic hydroxyl groups is 2. The quantitative estimate of drug-likeness (QED) is 0.530. The Bertz CT molecular complexity index is 294. The number of rotatable bonds is 3. The van der Waals surface area contributed by atoms with Crippen molar-refractivity contribution in [2.45, 2.75) is 12.6 Å². The topological polar surface area (TPSA) is 12.8 Å². The summed E-state index contributed by atoms with van der Waals surface area (Å²) < 4.78 is 40.8. The highest BCUT2D eigenvalue weighted by Crippen LogP contribution is 2.31. The lowest BCUT2D eigenvalue weighted by Gasteiger charge is -2.11. The molecule has 0 aliphatic heterocycles. The van der Waals surface area contributed by atoms with Crippen LogP contribution in [0.2, 0.25) is 0 Å². The molecule has 0 radical (unpaired) electrons. The normalized spacial score (nSPS) is 11.7. The summed E-state index contributed by atoms with van der Waals surface area (Å²) in [5.74, 6) is 0. The van der Waals surface area contributed by atoms with E-state index in [0.29, 0.717) is 6.61 Å². The van der Waals surface area contributed by atoms with Crippen LogP contribution in [0.5, 0.6) is 0 Å². The molecule has 78 valence electrons. The maximum absolute atomic E-state index is 12.4. The molecule has 0 spiro atoms. The molecule has 0 fully saturated rings. The SMILES string of the molecule is [CH2-][OH+]CCc1ccccc1C(F)(F)F. The summed E-state index contributed by atoms with van der Waals surface area (Å²) in [5, 5.41) is 0. The van der Waals surface area contributed by atoms with Crippen LogP contribution in [-0.4, -0.2) is 11.3 Å². The van der Waals surface area contributed by atoms with Crippen LogP contribution < -0.4 is 0 Å². The van der Waals surface area contributed by atoms with E-state index in [1.54, 1.807) is 6.07 Å². The third kappa shape index (κ3) is 2.73. The third-order valence-corrected chi connectivity index (χ3v) is 1.86. The molecule has 0 saturated heterocycles. The Balaban J connectivity index is 2.92. The highest BCUT2D eigenvalue weighted by molar-refractivity contribution is 5.29. The first-order chi connectivity index (χ1) is 6.55. The largest absolute Gasteiger partial charge is 0.581 e. The molecule has 1 rings (SSSR count). The highest BCUT2D eigenvalue weighted by Gasteiger charge is 2.32. The van der Waals surface area contributed by atoms with Gasteiger partial charge in [-0.3, -0.25) is 0 Å². The molecular formula is C10H11F3O.